The van der Waals surface area contributed by atoms with Crippen molar-refractivity contribution in [1.82, 2.24) is 14.7 Å². The first-order valence-electron chi connectivity index (χ1n) is 7.41. The molecule has 0 aliphatic carbocycles. The van der Waals surface area contributed by atoms with Crippen molar-refractivity contribution in [3.63, 3.8) is 0 Å². The van der Waals surface area contributed by atoms with Gasteiger partial charge in [-0.25, -0.2) is 0 Å². The summed E-state index contributed by atoms with van der Waals surface area (Å²) in [6.07, 6.45) is 2.37. The molecule has 2 heterocycles. The molecule has 1 fully saturated rings. The summed E-state index contributed by atoms with van der Waals surface area (Å²) in [5.74, 6) is 0.750. The van der Waals surface area contributed by atoms with Crippen LogP contribution in [-0.4, -0.2) is 79.1 Å². The summed E-state index contributed by atoms with van der Waals surface area (Å²) in [5.41, 5.74) is 6.31. The molecule has 2 aliphatic rings. The van der Waals surface area contributed by atoms with E-state index in [0.717, 1.165) is 25.6 Å². The van der Waals surface area contributed by atoms with Gasteiger partial charge < -0.3 is 20.4 Å². The summed E-state index contributed by atoms with van der Waals surface area (Å²) in [4.78, 5) is 11.7. The van der Waals surface area contributed by atoms with Crippen molar-refractivity contribution < 1.29 is 0 Å². The second kappa shape index (κ2) is 5.67. The molecule has 19 heavy (non-hydrogen) atoms. The van der Waals surface area contributed by atoms with Crippen molar-refractivity contribution in [2.75, 3.05) is 46.8 Å². The number of hydrogen-bond acceptors (Lipinski definition) is 5. The Kier molecular flexibility index (Phi) is 4.36. The van der Waals surface area contributed by atoms with E-state index in [4.69, 9.17) is 5.73 Å². The third-order valence-corrected chi connectivity index (χ3v) is 4.61. The lowest BCUT2D eigenvalue weighted by atomic mass is 9.86. The number of rotatable bonds is 4. The van der Waals surface area contributed by atoms with Crippen LogP contribution in [0.25, 0.3) is 0 Å². The lowest BCUT2D eigenvalue weighted by molar-refractivity contribution is 0.0670. The Morgan fingerprint density at radius 2 is 1.95 bits per heavy atom. The zero-order valence-corrected chi connectivity index (χ0v) is 12.9. The van der Waals surface area contributed by atoms with E-state index in [0.29, 0.717) is 6.04 Å². The van der Waals surface area contributed by atoms with Gasteiger partial charge in [0.2, 0.25) is 0 Å². The standard InChI is InChI=1S/C14H29N5/c1-12(2)18-7-5-14(6-8-18)11-16-13(15)19(14)10-9-17(3)4/h12H,5-11H2,1-4H3,(H2,15,16). The minimum atomic E-state index is 0.200. The van der Waals surface area contributed by atoms with E-state index in [2.05, 4.69) is 47.6 Å². The summed E-state index contributed by atoms with van der Waals surface area (Å²) in [6, 6.07) is 0.646. The zero-order chi connectivity index (χ0) is 14.0. The molecule has 0 atom stereocenters. The number of hydrogen-bond donors (Lipinski definition) is 1. The number of likely N-dealkylation sites (tertiary alicyclic amines) is 1. The van der Waals surface area contributed by atoms with Gasteiger partial charge in [-0.15, -0.1) is 0 Å². The summed E-state index contributed by atoms with van der Waals surface area (Å²) in [7, 11) is 4.22. The predicted molar refractivity (Wildman–Crippen MR) is 80.4 cm³/mol. The van der Waals surface area contributed by atoms with E-state index >= 15 is 0 Å². The Balaban J connectivity index is 1.99. The van der Waals surface area contributed by atoms with E-state index in [1.54, 1.807) is 0 Å². The van der Waals surface area contributed by atoms with Crippen molar-refractivity contribution in [3.05, 3.63) is 0 Å². The Bertz CT molecular complexity index is 329. The second-order valence-corrected chi connectivity index (χ2v) is 6.48. The van der Waals surface area contributed by atoms with Crippen molar-refractivity contribution in [3.8, 4) is 0 Å². The number of piperidine rings is 1. The summed E-state index contributed by atoms with van der Waals surface area (Å²) in [6.45, 7) is 9.80. The number of likely N-dealkylation sites (N-methyl/N-ethyl adjacent to an activating group) is 1. The fourth-order valence-electron chi connectivity index (χ4n) is 3.18. The number of nitrogens with two attached hydrogens (primary N) is 1. The highest BCUT2D eigenvalue weighted by molar-refractivity contribution is 5.81. The van der Waals surface area contributed by atoms with E-state index in [-0.39, 0.29) is 5.54 Å². The first-order chi connectivity index (χ1) is 8.94. The molecule has 1 spiro atoms. The third kappa shape index (κ3) is 3.03. The van der Waals surface area contributed by atoms with Crippen LogP contribution in [0.1, 0.15) is 26.7 Å². The topological polar surface area (TPSA) is 48.1 Å². The maximum absolute atomic E-state index is 6.11. The number of aliphatic imine (C=N–C) groups is 1. The van der Waals surface area contributed by atoms with E-state index in [9.17, 15) is 0 Å². The van der Waals surface area contributed by atoms with Gasteiger partial charge in [0.05, 0.1) is 12.1 Å². The summed E-state index contributed by atoms with van der Waals surface area (Å²) in [5, 5.41) is 0. The van der Waals surface area contributed by atoms with Gasteiger partial charge in [0.1, 0.15) is 0 Å². The quantitative estimate of drug-likeness (QED) is 0.802. The highest BCUT2D eigenvalue weighted by Gasteiger charge is 2.44. The molecule has 2 N–H and O–H groups in total. The Hall–Kier alpha value is -0.810. The van der Waals surface area contributed by atoms with Gasteiger partial charge in [0.15, 0.2) is 5.96 Å². The maximum Gasteiger partial charge on any atom is 0.191 e. The SMILES string of the molecule is CC(C)N1CCC2(CC1)CN=C(N)N2CCN(C)C. The average Bonchev–Trinajstić information content (AvgIpc) is 2.65. The van der Waals surface area contributed by atoms with Crippen LogP contribution in [0.2, 0.25) is 0 Å². The molecule has 5 heteroatoms. The number of guanidine groups is 1. The van der Waals surface area contributed by atoms with Crippen molar-refractivity contribution in [1.29, 1.82) is 0 Å². The minimum absolute atomic E-state index is 0.200. The summed E-state index contributed by atoms with van der Waals surface area (Å²) >= 11 is 0. The van der Waals surface area contributed by atoms with E-state index in [1.165, 1.54) is 25.9 Å². The van der Waals surface area contributed by atoms with Crippen molar-refractivity contribution >= 4 is 5.96 Å². The minimum Gasteiger partial charge on any atom is -0.370 e. The fraction of sp³-hybridized carbons (Fsp3) is 0.929. The molecular weight excluding hydrogens is 238 g/mol. The molecule has 0 aromatic carbocycles. The van der Waals surface area contributed by atoms with Crippen LogP contribution in [0.5, 0.6) is 0 Å². The summed E-state index contributed by atoms with van der Waals surface area (Å²) < 4.78 is 0. The van der Waals surface area contributed by atoms with Gasteiger partial charge in [0, 0.05) is 32.2 Å². The van der Waals surface area contributed by atoms with Crippen LogP contribution in [0.15, 0.2) is 4.99 Å². The molecular formula is C14H29N5. The van der Waals surface area contributed by atoms with Crippen LogP contribution >= 0.6 is 0 Å². The predicted octanol–water partition coefficient (Wildman–Crippen LogP) is 0.421. The van der Waals surface area contributed by atoms with Gasteiger partial charge in [-0.1, -0.05) is 0 Å². The van der Waals surface area contributed by atoms with Crippen LogP contribution in [-0.2, 0) is 0 Å². The molecule has 0 amide bonds. The highest BCUT2D eigenvalue weighted by Crippen LogP contribution is 2.33. The molecule has 0 aromatic rings. The number of nitrogens with zero attached hydrogens (tertiary/aromatic N) is 4. The molecule has 0 saturated carbocycles. The maximum atomic E-state index is 6.11. The molecule has 1 saturated heterocycles. The molecule has 2 aliphatic heterocycles. The normalized spacial score (nSPS) is 23.7. The fourth-order valence-corrected chi connectivity index (χ4v) is 3.18. The van der Waals surface area contributed by atoms with Crippen LogP contribution in [0.3, 0.4) is 0 Å². The van der Waals surface area contributed by atoms with E-state index < -0.39 is 0 Å². The Morgan fingerprint density at radius 3 is 2.47 bits per heavy atom. The second-order valence-electron chi connectivity index (χ2n) is 6.48. The first kappa shape index (κ1) is 14.6. The largest absolute Gasteiger partial charge is 0.370 e. The molecule has 110 valence electrons. The molecule has 0 radical (unpaired) electrons. The molecule has 2 rings (SSSR count). The zero-order valence-electron chi connectivity index (χ0n) is 12.9. The van der Waals surface area contributed by atoms with Gasteiger partial charge in [0.25, 0.3) is 0 Å². The van der Waals surface area contributed by atoms with Crippen LogP contribution in [0, 0.1) is 0 Å². The van der Waals surface area contributed by atoms with Gasteiger partial charge in [-0.2, -0.15) is 0 Å². The van der Waals surface area contributed by atoms with Crippen molar-refractivity contribution in [2.45, 2.75) is 38.3 Å². The van der Waals surface area contributed by atoms with Gasteiger partial charge in [-0.05, 0) is 40.8 Å². The molecule has 0 aromatic heterocycles. The molecule has 5 nitrogen and oxygen atoms in total. The van der Waals surface area contributed by atoms with Crippen molar-refractivity contribution in [2.24, 2.45) is 10.7 Å². The van der Waals surface area contributed by atoms with Crippen LogP contribution in [0.4, 0.5) is 0 Å². The average molecular weight is 267 g/mol. The van der Waals surface area contributed by atoms with Crippen LogP contribution < -0.4 is 5.73 Å². The highest BCUT2D eigenvalue weighted by atomic mass is 15.4. The van der Waals surface area contributed by atoms with Gasteiger partial charge >= 0.3 is 0 Å². The first-order valence-corrected chi connectivity index (χ1v) is 7.41. The smallest absolute Gasteiger partial charge is 0.191 e. The lowest BCUT2D eigenvalue weighted by Gasteiger charge is -2.46. The van der Waals surface area contributed by atoms with Gasteiger partial charge in [-0.3, -0.25) is 4.99 Å². The third-order valence-electron chi connectivity index (χ3n) is 4.61. The molecule has 0 unspecified atom stereocenters. The molecule has 0 bridgehead atoms. The lowest BCUT2D eigenvalue weighted by Crippen LogP contribution is -2.59. The Labute approximate surface area is 117 Å². The van der Waals surface area contributed by atoms with E-state index in [1.807, 2.05) is 0 Å². The Morgan fingerprint density at radius 1 is 1.32 bits per heavy atom. The monoisotopic (exact) mass is 267 g/mol.